The molecule has 0 unspecified atom stereocenters. The Labute approximate surface area is 72.4 Å². The van der Waals surface area contributed by atoms with Crippen LogP contribution in [0.15, 0.2) is 4.99 Å². The first-order valence-corrected chi connectivity index (χ1v) is 3.02. The van der Waals surface area contributed by atoms with Crippen LogP contribution in [0.2, 0.25) is 0 Å². The number of alkyl halides is 6. The van der Waals surface area contributed by atoms with Gasteiger partial charge in [0.2, 0.25) is 0 Å². The maximum Gasteiger partial charge on any atom is 0.443 e. The molecule has 1 aliphatic rings. The predicted molar refractivity (Wildman–Crippen MR) is 29.8 cm³/mol. The van der Waals surface area contributed by atoms with Crippen molar-refractivity contribution in [1.29, 1.82) is 0 Å². The van der Waals surface area contributed by atoms with E-state index < -0.39 is 30.3 Å². The van der Waals surface area contributed by atoms with Gasteiger partial charge in [-0.2, -0.15) is 31.3 Å². The van der Waals surface area contributed by atoms with Crippen LogP contribution in [0.1, 0.15) is 0 Å². The lowest BCUT2D eigenvalue weighted by atomic mass is 10.1. The highest BCUT2D eigenvalue weighted by molar-refractivity contribution is 5.91. The number of carbonyl (C=O) groups excluding carboxylic acids is 1. The van der Waals surface area contributed by atoms with E-state index in [1.165, 1.54) is 0 Å². The number of rotatable bonds is 0. The van der Waals surface area contributed by atoms with Gasteiger partial charge in [0.15, 0.2) is 0 Å². The lowest BCUT2D eigenvalue weighted by molar-refractivity contribution is -0.330. The molecular weight excluding hydrogens is 220 g/mol. The summed E-state index contributed by atoms with van der Waals surface area (Å²) in [7, 11) is 0. The zero-order chi connectivity index (χ0) is 11.2. The van der Waals surface area contributed by atoms with Crippen molar-refractivity contribution in [2.45, 2.75) is 18.0 Å². The van der Waals surface area contributed by atoms with Gasteiger partial charge in [-0.15, -0.1) is 0 Å². The lowest BCUT2D eigenvalue weighted by Gasteiger charge is -2.29. The summed E-state index contributed by atoms with van der Waals surface area (Å²) in [6.45, 7) is 0. The van der Waals surface area contributed by atoms with Crippen molar-refractivity contribution in [2.24, 2.45) is 4.99 Å². The maximum atomic E-state index is 12.0. The summed E-state index contributed by atoms with van der Waals surface area (Å²) in [6, 6.07) is 0. The number of hydrogen-bond acceptors (Lipinski definition) is 2. The average Bonchev–Trinajstić information content (AvgIpc) is 2.28. The van der Waals surface area contributed by atoms with Crippen LogP contribution in [0.25, 0.3) is 0 Å². The molecule has 0 bridgehead atoms. The molecule has 0 aromatic carbocycles. The molecule has 1 rings (SSSR count). The standard InChI is InChI=1S/C5HF6NO2/c6-4(7,8)3(5(9,10)11)1-12-2(13)14-3/h1H. The quantitative estimate of drug-likeness (QED) is 0.587. The van der Waals surface area contributed by atoms with Crippen molar-refractivity contribution in [3.63, 3.8) is 0 Å². The molecule has 1 aliphatic heterocycles. The smallest absolute Gasteiger partial charge is 0.416 e. The first-order chi connectivity index (χ1) is 6.10. The van der Waals surface area contributed by atoms with Crippen LogP contribution in [0, 0.1) is 0 Å². The highest BCUT2D eigenvalue weighted by Gasteiger charge is 2.75. The molecule has 1 amide bonds. The molecule has 0 N–H and O–H groups in total. The predicted octanol–water partition coefficient (Wildman–Crippen LogP) is 2.07. The molecule has 0 aromatic heterocycles. The van der Waals surface area contributed by atoms with Crippen molar-refractivity contribution in [1.82, 2.24) is 0 Å². The Kier molecular flexibility index (Phi) is 2.01. The summed E-state index contributed by atoms with van der Waals surface area (Å²) in [4.78, 5) is 12.4. The van der Waals surface area contributed by atoms with E-state index in [2.05, 4.69) is 9.73 Å². The molecule has 14 heavy (non-hydrogen) atoms. The molecule has 0 radical (unpaired) electrons. The van der Waals surface area contributed by atoms with E-state index in [0.717, 1.165) is 0 Å². The van der Waals surface area contributed by atoms with Gasteiger partial charge in [-0.1, -0.05) is 0 Å². The number of aliphatic imine (C=N–C) groups is 1. The zero-order valence-corrected chi connectivity index (χ0v) is 6.11. The van der Waals surface area contributed by atoms with Gasteiger partial charge < -0.3 is 4.74 Å². The molecule has 0 fully saturated rings. The lowest BCUT2D eigenvalue weighted by Crippen LogP contribution is -2.58. The van der Waals surface area contributed by atoms with Crippen LogP contribution in [-0.2, 0) is 4.74 Å². The number of amides is 1. The SMILES string of the molecule is O=C1N=CC(C(F)(F)F)(C(F)(F)F)O1. The number of nitrogens with zero attached hydrogens (tertiary/aromatic N) is 1. The van der Waals surface area contributed by atoms with Crippen molar-refractivity contribution in [3.8, 4) is 0 Å². The van der Waals surface area contributed by atoms with Crippen molar-refractivity contribution in [3.05, 3.63) is 0 Å². The first kappa shape index (κ1) is 10.8. The summed E-state index contributed by atoms with van der Waals surface area (Å²) < 4.78 is 75.1. The second-order valence-corrected chi connectivity index (χ2v) is 2.36. The molecule has 3 nitrogen and oxygen atoms in total. The molecule has 0 saturated carbocycles. The highest BCUT2D eigenvalue weighted by Crippen LogP contribution is 2.46. The molecule has 1 heterocycles. The largest absolute Gasteiger partial charge is 0.443 e. The third-order valence-electron chi connectivity index (χ3n) is 1.44. The van der Waals surface area contributed by atoms with Crippen LogP contribution in [0.3, 0.4) is 0 Å². The summed E-state index contributed by atoms with van der Waals surface area (Å²) in [5.74, 6) is 0. The third-order valence-corrected chi connectivity index (χ3v) is 1.44. The molecule has 0 aliphatic carbocycles. The number of carbonyl (C=O) groups is 1. The van der Waals surface area contributed by atoms with Gasteiger partial charge in [0.05, 0.1) is 6.21 Å². The van der Waals surface area contributed by atoms with Gasteiger partial charge in [-0.25, -0.2) is 4.79 Å². The van der Waals surface area contributed by atoms with E-state index in [0.29, 0.717) is 0 Å². The van der Waals surface area contributed by atoms with Crippen LogP contribution in [0.4, 0.5) is 31.1 Å². The van der Waals surface area contributed by atoms with Crippen LogP contribution in [0.5, 0.6) is 0 Å². The minimum Gasteiger partial charge on any atom is -0.416 e. The summed E-state index contributed by atoms with van der Waals surface area (Å²) >= 11 is 0. The molecule has 0 saturated heterocycles. The van der Waals surface area contributed by atoms with E-state index in [1.54, 1.807) is 0 Å². The van der Waals surface area contributed by atoms with Gasteiger partial charge in [-0.3, -0.25) is 0 Å². The second kappa shape index (κ2) is 2.61. The fourth-order valence-corrected chi connectivity index (χ4v) is 0.757. The summed E-state index contributed by atoms with van der Waals surface area (Å²) in [6.07, 6.45) is -14.1. The van der Waals surface area contributed by atoms with Crippen molar-refractivity contribution < 1.29 is 35.9 Å². The van der Waals surface area contributed by atoms with Crippen LogP contribution < -0.4 is 0 Å². The van der Waals surface area contributed by atoms with Crippen LogP contribution in [-0.4, -0.2) is 30.3 Å². The third kappa shape index (κ3) is 1.32. The second-order valence-electron chi connectivity index (χ2n) is 2.36. The number of hydrogen-bond donors (Lipinski definition) is 0. The molecule has 0 atom stereocenters. The number of halogens is 6. The first-order valence-electron chi connectivity index (χ1n) is 3.02. The minimum absolute atomic E-state index is 0.588. The molecule has 0 spiro atoms. The zero-order valence-electron chi connectivity index (χ0n) is 6.11. The van der Waals surface area contributed by atoms with Crippen molar-refractivity contribution in [2.75, 3.05) is 0 Å². The summed E-state index contributed by atoms with van der Waals surface area (Å²) in [5.41, 5.74) is -4.60. The van der Waals surface area contributed by atoms with E-state index in [4.69, 9.17) is 0 Å². The highest BCUT2D eigenvalue weighted by atomic mass is 19.4. The molecule has 0 aromatic rings. The fourth-order valence-electron chi connectivity index (χ4n) is 0.757. The Hall–Kier alpha value is -1.28. The Morgan fingerprint density at radius 1 is 1.14 bits per heavy atom. The maximum absolute atomic E-state index is 12.0. The van der Waals surface area contributed by atoms with E-state index in [1.807, 2.05) is 0 Å². The minimum atomic E-state index is -5.78. The van der Waals surface area contributed by atoms with E-state index in [9.17, 15) is 31.1 Å². The van der Waals surface area contributed by atoms with Crippen LogP contribution >= 0.6 is 0 Å². The van der Waals surface area contributed by atoms with Gasteiger partial charge in [-0.05, 0) is 0 Å². The Bertz CT molecular complexity index is 276. The topological polar surface area (TPSA) is 38.7 Å². The molecular formula is C5HF6NO2. The van der Waals surface area contributed by atoms with Crippen molar-refractivity contribution >= 4 is 12.3 Å². The van der Waals surface area contributed by atoms with Gasteiger partial charge in [0, 0.05) is 0 Å². The van der Waals surface area contributed by atoms with Gasteiger partial charge >= 0.3 is 24.0 Å². The van der Waals surface area contributed by atoms with Gasteiger partial charge in [0.25, 0.3) is 0 Å². The Balaban J connectivity index is 3.20. The Morgan fingerprint density at radius 2 is 1.57 bits per heavy atom. The molecule has 80 valence electrons. The van der Waals surface area contributed by atoms with E-state index >= 15 is 0 Å². The average molecular weight is 221 g/mol. The fraction of sp³-hybridized carbons (Fsp3) is 0.600. The van der Waals surface area contributed by atoms with Gasteiger partial charge in [0.1, 0.15) is 0 Å². The summed E-state index contributed by atoms with van der Waals surface area (Å²) in [5, 5.41) is 0. The normalized spacial score (nSPS) is 21.1. The number of ether oxygens (including phenoxy) is 1. The van der Waals surface area contributed by atoms with E-state index in [-0.39, 0.29) is 0 Å². The monoisotopic (exact) mass is 221 g/mol. The molecule has 9 heteroatoms. The number of cyclic esters (lactones) is 1. The Morgan fingerprint density at radius 3 is 1.71 bits per heavy atom.